The van der Waals surface area contributed by atoms with E-state index in [0.29, 0.717) is 10.6 Å². The monoisotopic (exact) mass is 279 g/mol. The molecule has 0 aromatic heterocycles. The number of nitrogens with one attached hydrogen (secondary N) is 1. The topological polar surface area (TPSA) is 53.1 Å². The lowest BCUT2D eigenvalue weighted by Gasteiger charge is -2.35. The van der Waals surface area contributed by atoms with Crippen molar-refractivity contribution in [2.24, 2.45) is 17.6 Å². The molecule has 0 unspecified atom stereocenters. The van der Waals surface area contributed by atoms with Gasteiger partial charge in [-0.25, -0.2) is 0 Å². The zero-order chi connectivity index (χ0) is 14.0. The number of hydrogen-bond donors (Lipinski definition) is 2. The minimum absolute atomic E-state index is 0.0232. The van der Waals surface area contributed by atoms with Gasteiger partial charge in [-0.15, -0.1) is 0 Å². The third kappa shape index (κ3) is 3.21. The number of piperidine rings is 1. The predicted molar refractivity (Wildman–Crippen MR) is 82.2 cm³/mol. The van der Waals surface area contributed by atoms with Crippen LogP contribution in [0.1, 0.15) is 32.3 Å². The van der Waals surface area contributed by atoms with E-state index in [9.17, 15) is 0 Å². The number of nitrogen functional groups attached to an aromatic ring is 1. The largest absolute Gasteiger partial charge is 0.384 e. The average molecular weight is 280 g/mol. The van der Waals surface area contributed by atoms with Gasteiger partial charge >= 0.3 is 0 Å². The van der Waals surface area contributed by atoms with Crippen molar-refractivity contribution in [1.29, 1.82) is 5.41 Å². The predicted octanol–water partition coefficient (Wildman–Crippen LogP) is 3.50. The molecule has 0 atom stereocenters. The molecule has 104 valence electrons. The van der Waals surface area contributed by atoms with Crippen molar-refractivity contribution in [2.45, 2.75) is 26.7 Å². The van der Waals surface area contributed by atoms with E-state index in [1.807, 2.05) is 18.2 Å². The summed E-state index contributed by atoms with van der Waals surface area (Å²) >= 11 is 6.18. The number of rotatable bonds is 3. The van der Waals surface area contributed by atoms with Crippen LogP contribution in [0.5, 0.6) is 0 Å². The van der Waals surface area contributed by atoms with Crippen LogP contribution in [0.3, 0.4) is 0 Å². The Hall–Kier alpha value is -1.22. The van der Waals surface area contributed by atoms with Crippen molar-refractivity contribution in [3.63, 3.8) is 0 Å². The van der Waals surface area contributed by atoms with Gasteiger partial charge in [0, 0.05) is 24.3 Å². The van der Waals surface area contributed by atoms with Crippen molar-refractivity contribution < 1.29 is 0 Å². The lowest BCUT2D eigenvalue weighted by molar-refractivity contribution is 0.311. The summed E-state index contributed by atoms with van der Waals surface area (Å²) in [5.74, 6) is 1.63. The van der Waals surface area contributed by atoms with Gasteiger partial charge in [0.05, 0.1) is 5.02 Å². The van der Waals surface area contributed by atoms with Crippen LogP contribution >= 0.6 is 11.6 Å². The molecule has 19 heavy (non-hydrogen) atoms. The molecule has 2 rings (SSSR count). The van der Waals surface area contributed by atoms with E-state index in [0.717, 1.165) is 30.6 Å². The molecular formula is C15H22ClN3. The molecule has 0 spiro atoms. The van der Waals surface area contributed by atoms with E-state index in [1.165, 1.54) is 12.8 Å². The Balaban J connectivity index is 2.08. The summed E-state index contributed by atoms with van der Waals surface area (Å²) < 4.78 is 0. The molecule has 0 bridgehead atoms. The maximum Gasteiger partial charge on any atom is 0.124 e. The van der Waals surface area contributed by atoms with Crippen LogP contribution < -0.4 is 10.6 Å². The minimum atomic E-state index is 0.0232. The third-order valence-corrected chi connectivity index (χ3v) is 4.40. The molecule has 1 saturated heterocycles. The molecule has 3 nitrogen and oxygen atoms in total. The summed E-state index contributed by atoms with van der Waals surface area (Å²) in [4.78, 5) is 2.37. The normalized spacial score (nSPS) is 16.9. The second-order valence-electron chi connectivity index (χ2n) is 5.65. The van der Waals surface area contributed by atoms with Crippen LogP contribution in [-0.2, 0) is 0 Å². The van der Waals surface area contributed by atoms with E-state index < -0.39 is 0 Å². The van der Waals surface area contributed by atoms with Crippen LogP contribution in [0.15, 0.2) is 18.2 Å². The van der Waals surface area contributed by atoms with Gasteiger partial charge in [-0.3, -0.25) is 5.41 Å². The number of nitrogens with zero attached hydrogens (tertiary/aromatic N) is 1. The molecule has 1 fully saturated rings. The van der Waals surface area contributed by atoms with E-state index in [4.69, 9.17) is 22.7 Å². The SMILES string of the molecule is CC(C)C1CCN(c2ccc(C(=N)N)c(Cl)c2)CC1. The van der Waals surface area contributed by atoms with Crippen molar-refractivity contribution in [2.75, 3.05) is 18.0 Å². The average Bonchev–Trinajstić information content (AvgIpc) is 2.38. The van der Waals surface area contributed by atoms with Gasteiger partial charge in [0.25, 0.3) is 0 Å². The van der Waals surface area contributed by atoms with Gasteiger partial charge in [-0.05, 0) is 42.9 Å². The van der Waals surface area contributed by atoms with Crippen molar-refractivity contribution in [3.05, 3.63) is 28.8 Å². The van der Waals surface area contributed by atoms with Gasteiger partial charge in [-0.1, -0.05) is 25.4 Å². The van der Waals surface area contributed by atoms with E-state index in [1.54, 1.807) is 0 Å². The summed E-state index contributed by atoms with van der Waals surface area (Å²) in [6.07, 6.45) is 2.48. The van der Waals surface area contributed by atoms with Crippen LogP contribution in [0.2, 0.25) is 5.02 Å². The highest BCUT2D eigenvalue weighted by molar-refractivity contribution is 6.34. The summed E-state index contributed by atoms with van der Waals surface area (Å²) in [5.41, 5.74) is 7.23. The summed E-state index contributed by atoms with van der Waals surface area (Å²) in [5, 5.41) is 8.01. The van der Waals surface area contributed by atoms with Crippen LogP contribution in [0.4, 0.5) is 5.69 Å². The summed E-state index contributed by atoms with van der Waals surface area (Å²) in [6, 6.07) is 5.78. The van der Waals surface area contributed by atoms with Crippen LogP contribution in [0.25, 0.3) is 0 Å². The van der Waals surface area contributed by atoms with Gasteiger partial charge in [0.15, 0.2) is 0 Å². The highest BCUT2D eigenvalue weighted by Crippen LogP contribution is 2.30. The molecule has 0 aliphatic carbocycles. The molecule has 1 aliphatic rings. The molecule has 0 saturated carbocycles. The van der Waals surface area contributed by atoms with E-state index in [2.05, 4.69) is 18.7 Å². The highest BCUT2D eigenvalue weighted by Gasteiger charge is 2.22. The molecule has 3 N–H and O–H groups in total. The van der Waals surface area contributed by atoms with Crippen LogP contribution in [0, 0.1) is 17.2 Å². The second kappa shape index (κ2) is 5.83. The number of benzene rings is 1. The Morgan fingerprint density at radius 1 is 1.37 bits per heavy atom. The fourth-order valence-corrected chi connectivity index (χ4v) is 3.02. The van der Waals surface area contributed by atoms with Crippen LogP contribution in [-0.4, -0.2) is 18.9 Å². The molecule has 1 aliphatic heterocycles. The fraction of sp³-hybridized carbons (Fsp3) is 0.533. The van der Waals surface area contributed by atoms with Gasteiger partial charge < -0.3 is 10.6 Å². The number of amidine groups is 1. The molecule has 1 aromatic rings. The maximum absolute atomic E-state index is 7.44. The Labute approximate surface area is 120 Å². The molecule has 0 amide bonds. The van der Waals surface area contributed by atoms with E-state index >= 15 is 0 Å². The molecule has 1 aromatic carbocycles. The zero-order valence-corrected chi connectivity index (χ0v) is 12.4. The number of halogens is 1. The molecule has 0 radical (unpaired) electrons. The molecule has 4 heteroatoms. The molecular weight excluding hydrogens is 258 g/mol. The van der Waals surface area contributed by atoms with E-state index in [-0.39, 0.29) is 5.84 Å². The Morgan fingerprint density at radius 2 is 2.00 bits per heavy atom. The van der Waals surface area contributed by atoms with Gasteiger partial charge in [0.2, 0.25) is 0 Å². The lowest BCUT2D eigenvalue weighted by atomic mass is 9.86. The zero-order valence-electron chi connectivity index (χ0n) is 11.6. The fourth-order valence-electron chi connectivity index (χ4n) is 2.74. The smallest absolute Gasteiger partial charge is 0.124 e. The first-order chi connectivity index (χ1) is 8.99. The minimum Gasteiger partial charge on any atom is -0.384 e. The second-order valence-corrected chi connectivity index (χ2v) is 6.05. The quantitative estimate of drug-likeness (QED) is 0.657. The van der Waals surface area contributed by atoms with Crippen molar-refractivity contribution in [3.8, 4) is 0 Å². The summed E-state index contributed by atoms with van der Waals surface area (Å²) in [7, 11) is 0. The summed E-state index contributed by atoms with van der Waals surface area (Å²) in [6.45, 7) is 6.77. The van der Waals surface area contributed by atoms with Gasteiger partial charge in [-0.2, -0.15) is 0 Å². The number of hydrogen-bond acceptors (Lipinski definition) is 2. The highest BCUT2D eigenvalue weighted by atomic mass is 35.5. The third-order valence-electron chi connectivity index (χ3n) is 4.09. The molecule has 1 heterocycles. The maximum atomic E-state index is 7.44. The first-order valence-corrected chi connectivity index (χ1v) is 7.25. The lowest BCUT2D eigenvalue weighted by Crippen LogP contribution is -2.35. The van der Waals surface area contributed by atoms with Crippen molar-refractivity contribution >= 4 is 23.1 Å². The van der Waals surface area contributed by atoms with Crippen molar-refractivity contribution in [1.82, 2.24) is 0 Å². The Bertz CT molecular complexity index is 462. The first kappa shape index (κ1) is 14.2. The first-order valence-electron chi connectivity index (χ1n) is 6.88. The Morgan fingerprint density at radius 3 is 2.47 bits per heavy atom. The Kier molecular flexibility index (Phi) is 4.35. The number of anilines is 1. The van der Waals surface area contributed by atoms with Gasteiger partial charge in [0.1, 0.15) is 5.84 Å². The standard InChI is InChI=1S/C15H22ClN3/c1-10(2)11-5-7-19(8-6-11)12-3-4-13(15(17)18)14(16)9-12/h3-4,9-11H,5-8H2,1-2H3,(H3,17,18). The number of nitrogens with two attached hydrogens (primary N) is 1.